The maximum atomic E-state index is 13.9. The van der Waals surface area contributed by atoms with Crippen molar-refractivity contribution in [3.05, 3.63) is 80.5 Å². The first-order valence-corrected chi connectivity index (χ1v) is 13.6. The Kier molecular flexibility index (Phi) is 6.30. The zero-order valence-corrected chi connectivity index (χ0v) is 21.8. The van der Waals surface area contributed by atoms with Crippen LogP contribution in [0, 0.1) is 0 Å². The van der Waals surface area contributed by atoms with Crippen molar-refractivity contribution in [1.29, 1.82) is 0 Å². The molecule has 2 heterocycles. The predicted octanol–water partition coefficient (Wildman–Crippen LogP) is 6.92. The molecule has 0 spiro atoms. The number of fused-ring (bicyclic) bond motifs is 3. The number of hydrogen-bond acceptors (Lipinski definition) is 5. The minimum Gasteiger partial charge on any atom is -0.497 e. The number of aryl methyl sites for hydroxylation is 2. The van der Waals surface area contributed by atoms with Crippen LogP contribution in [0.5, 0.6) is 5.75 Å². The quantitative estimate of drug-likeness (QED) is 0.225. The molecule has 4 aromatic rings. The van der Waals surface area contributed by atoms with Gasteiger partial charge in [0.05, 0.1) is 18.2 Å². The molecule has 34 heavy (non-hydrogen) atoms. The third kappa shape index (κ3) is 4.41. The first-order valence-electron chi connectivity index (χ1n) is 11.8. The van der Waals surface area contributed by atoms with Crippen LogP contribution in [-0.4, -0.2) is 16.7 Å². The Labute approximate surface area is 209 Å². The van der Waals surface area contributed by atoms with E-state index in [1.54, 1.807) is 34.8 Å². The molecule has 6 heteroatoms. The van der Waals surface area contributed by atoms with E-state index in [9.17, 15) is 4.79 Å². The number of hydrogen-bond donors (Lipinski definition) is 0. The molecule has 0 bridgehead atoms. The van der Waals surface area contributed by atoms with Crippen molar-refractivity contribution in [3.63, 3.8) is 0 Å². The van der Waals surface area contributed by atoms with Crippen LogP contribution in [0.25, 0.3) is 15.9 Å². The first kappa shape index (κ1) is 23.2. The summed E-state index contributed by atoms with van der Waals surface area (Å²) >= 11 is 3.32. The van der Waals surface area contributed by atoms with Crippen molar-refractivity contribution in [1.82, 2.24) is 9.55 Å². The van der Waals surface area contributed by atoms with Gasteiger partial charge in [0, 0.05) is 16.7 Å². The second-order valence-corrected chi connectivity index (χ2v) is 11.9. The lowest BCUT2D eigenvalue weighted by molar-refractivity contribution is 0.414. The molecule has 0 aliphatic heterocycles. The predicted molar refractivity (Wildman–Crippen MR) is 143 cm³/mol. The smallest absolute Gasteiger partial charge is 0.267 e. The van der Waals surface area contributed by atoms with Gasteiger partial charge in [0.2, 0.25) is 0 Å². The molecule has 176 valence electrons. The van der Waals surface area contributed by atoms with Gasteiger partial charge in [0.15, 0.2) is 5.16 Å². The summed E-state index contributed by atoms with van der Waals surface area (Å²) in [5, 5.41) is 1.53. The second-order valence-electron chi connectivity index (χ2n) is 9.86. The van der Waals surface area contributed by atoms with E-state index in [0.717, 1.165) is 51.8 Å². The molecular formula is C28H30N2O2S2. The fraction of sp³-hybridized carbons (Fsp3) is 0.357. The van der Waals surface area contributed by atoms with E-state index in [4.69, 9.17) is 9.72 Å². The summed E-state index contributed by atoms with van der Waals surface area (Å²) in [4.78, 5) is 21.2. The zero-order chi connectivity index (χ0) is 23.9. The third-order valence-corrected chi connectivity index (χ3v) is 8.65. The van der Waals surface area contributed by atoms with Crippen molar-refractivity contribution < 1.29 is 4.74 Å². The number of rotatable bonds is 5. The average Bonchev–Trinajstić information content (AvgIpc) is 3.21. The monoisotopic (exact) mass is 490 g/mol. The lowest BCUT2D eigenvalue weighted by Gasteiger charge is -2.19. The largest absolute Gasteiger partial charge is 0.497 e. The topological polar surface area (TPSA) is 44.1 Å². The van der Waals surface area contributed by atoms with Gasteiger partial charge in [0.1, 0.15) is 10.6 Å². The van der Waals surface area contributed by atoms with Crippen molar-refractivity contribution in [3.8, 4) is 11.4 Å². The van der Waals surface area contributed by atoms with Crippen LogP contribution in [-0.2, 0) is 24.0 Å². The van der Waals surface area contributed by atoms with Gasteiger partial charge in [-0.1, -0.05) is 62.9 Å². The Bertz CT molecular complexity index is 1400. The van der Waals surface area contributed by atoms with Crippen LogP contribution in [0.2, 0.25) is 0 Å². The van der Waals surface area contributed by atoms with E-state index in [1.807, 2.05) is 24.3 Å². The minimum absolute atomic E-state index is 0.0308. The number of aromatic nitrogens is 2. The Morgan fingerprint density at radius 3 is 2.59 bits per heavy atom. The molecule has 0 radical (unpaired) electrons. The van der Waals surface area contributed by atoms with E-state index in [-0.39, 0.29) is 11.0 Å². The van der Waals surface area contributed by atoms with E-state index < -0.39 is 0 Å². The molecular weight excluding hydrogens is 460 g/mol. The molecule has 1 aliphatic rings. The number of methoxy groups -OCH3 is 1. The minimum atomic E-state index is 0.0308. The van der Waals surface area contributed by atoms with Crippen LogP contribution in [0.1, 0.15) is 55.2 Å². The zero-order valence-electron chi connectivity index (χ0n) is 20.2. The Hall–Kier alpha value is -2.57. The highest BCUT2D eigenvalue weighted by atomic mass is 32.2. The van der Waals surface area contributed by atoms with Crippen LogP contribution in [0.3, 0.4) is 0 Å². The van der Waals surface area contributed by atoms with Crippen molar-refractivity contribution in [2.75, 3.05) is 7.11 Å². The van der Waals surface area contributed by atoms with E-state index in [1.165, 1.54) is 28.0 Å². The van der Waals surface area contributed by atoms with Gasteiger partial charge in [-0.25, -0.2) is 4.98 Å². The van der Waals surface area contributed by atoms with Gasteiger partial charge in [0.25, 0.3) is 5.56 Å². The molecule has 0 unspecified atom stereocenters. The number of thiophene rings is 1. The van der Waals surface area contributed by atoms with Crippen molar-refractivity contribution in [2.45, 2.75) is 62.8 Å². The Morgan fingerprint density at radius 2 is 1.85 bits per heavy atom. The summed E-state index contributed by atoms with van der Waals surface area (Å²) in [5.41, 5.74) is 4.70. The van der Waals surface area contributed by atoms with Gasteiger partial charge >= 0.3 is 0 Å². The number of thioether (sulfide) groups is 1. The molecule has 0 fully saturated rings. The summed E-state index contributed by atoms with van der Waals surface area (Å²) in [6.45, 7) is 6.68. The molecule has 1 aliphatic carbocycles. The third-order valence-electron chi connectivity index (χ3n) is 6.46. The van der Waals surface area contributed by atoms with Crippen LogP contribution >= 0.6 is 23.1 Å². The average molecular weight is 491 g/mol. The second kappa shape index (κ2) is 9.23. The van der Waals surface area contributed by atoms with E-state index >= 15 is 0 Å². The fourth-order valence-electron chi connectivity index (χ4n) is 4.51. The van der Waals surface area contributed by atoms with Crippen LogP contribution in [0.15, 0.2) is 58.5 Å². The van der Waals surface area contributed by atoms with E-state index in [0.29, 0.717) is 0 Å². The molecule has 5 rings (SSSR count). The molecule has 2 aromatic heterocycles. The van der Waals surface area contributed by atoms with Gasteiger partial charge in [-0.15, -0.1) is 11.3 Å². The van der Waals surface area contributed by atoms with Gasteiger partial charge in [-0.05, 0) is 59.9 Å². The summed E-state index contributed by atoms with van der Waals surface area (Å²) in [5.74, 6) is 1.47. The fourth-order valence-corrected chi connectivity index (χ4v) is 6.78. The molecule has 0 amide bonds. The summed E-state index contributed by atoms with van der Waals surface area (Å²) in [6, 6.07) is 16.5. The lowest BCUT2D eigenvalue weighted by atomic mass is 9.87. The lowest BCUT2D eigenvalue weighted by Crippen LogP contribution is -2.22. The van der Waals surface area contributed by atoms with Crippen molar-refractivity contribution in [2.24, 2.45) is 0 Å². The highest BCUT2D eigenvalue weighted by molar-refractivity contribution is 7.98. The highest BCUT2D eigenvalue weighted by Gasteiger charge is 2.23. The van der Waals surface area contributed by atoms with Gasteiger partial charge < -0.3 is 4.74 Å². The Morgan fingerprint density at radius 1 is 1.09 bits per heavy atom. The van der Waals surface area contributed by atoms with E-state index in [2.05, 4.69) is 45.0 Å². The summed E-state index contributed by atoms with van der Waals surface area (Å²) in [7, 11) is 1.65. The maximum absolute atomic E-state index is 13.9. The molecule has 0 saturated heterocycles. The number of nitrogens with zero attached hydrogens (tertiary/aromatic N) is 2. The normalized spacial score (nSPS) is 13.8. The Balaban J connectivity index is 1.59. The molecule has 2 aromatic carbocycles. The first-order chi connectivity index (χ1) is 16.3. The van der Waals surface area contributed by atoms with Gasteiger partial charge in [-0.2, -0.15) is 0 Å². The molecule has 4 nitrogen and oxygen atoms in total. The van der Waals surface area contributed by atoms with Gasteiger partial charge in [-0.3, -0.25) is 9.36 Å². The number of benzene rings is 2. The number of ether oxygens (including phenoxy) is 1. The maximum Gasteiger partial charge on any atom is 0.267 e. The molecule has 0 atom stereocenters. The molecule has 0 N–H and O–H groups in total. The summed E-state index contributed by atoms with van der Waals surface area (Å²) in [6.07, 6.45) is 4.35. The van der Waals surface area contributed by atoms with Crippen LogP contribution in [0.4, 0.5) is 0 Å². The van der Waals surface area contributed by atoms with Crippen LogP contribution < -0.4 is 10.3 Å². The summed E-state index contributed by atoms with van der Waals surface area (Å²) < 4.78 is 7.22. The molecule has 0 saturated carbocycles. The van der Waals surface area contributed by atoms with Crippen molar-refractivity contribution >= 4 is 33.3 Å². The highest BCUT2D eigenvalue weighted by Crippen LogP contribution is 2.36. The standard InChI is InChI=1S/C28H30N2O2S2/c1-28(2,3)19-14-12-18(13-15-19)17-33-27-29-25-24(22-10-5-6-11-23(22)34-25)26(31)30(27)20-8-7-9-21(16-20)32-4/h7-9,12-16H,5-6,10-11,17H2,1-4H3. The SMILES string of the molecule is COc1cccc(-n2c(SCc3ccc(C(C)(C)C)cc3)nc3sc4c(c3c2=O)CCCC4)c1.